The number of aromatic nitrogens is 3. The molecule has 2 heterocycles. The minimum absolute atomic E-state index is 0.164. The van der Waals surface area contributed by atoms with Gasteiger partial charge in [0.05, 0.1) is 22.4 Å². The predicted octanol–water partition coefficient (Wildman–Crippen LogP) is 5.37. The Hall–Kier alpha value is -2.97. The second kappa shape index (κ2) is 8.81. The summed E-state index contributed by atoms with van der Waals surface area (Å²) in [6.07, 6.45) is 0. The lowest BCUT2D eigenvalue weighted by Crippen LogP contribution is -2.20. The number of halogens is 1. The highest BCUT2D eigenvalue weighted by Gasteiger charge is 2.20. The molecule has 8 heteroatoms. The number of anilines is 2. The summed E-state index contributed by atoms with van der Waals surface area (Å²) in [5.41, 5.74) is 3.76. The second-order valence-electron chi connectivity index (χ2n) is 7.03. The zero-order valence-corrected chi connectivity index (χ0v) is 17.9. The molecule has 0 aliphatic rings. The summed E-state index contributed by atoms with van der Waals surface area (Å²) in [7, 11) is 1.68. The molecule has 3 N–H and O–H groups in total. The minimum Gasteiger partial charge on any atom is -0.383 e. The highest BCUT2D eigenvalue weighted by molar-refractivity contribution is 7.22. The van der Waals surface area contributed by atoms with Crippen LogP contribution >= 0.6 is 11.3 Å². The zero-order chi connectivity index (χ0) is 21.1. The van der Waals surface area contributed by atoms with Crippen LogP contribution in [0.2, 0.25) is 0 Å². The fraction of sp³-hybridized carbons (Fsp3) is 0.273. The van der Waals surface area contributed by atoms with E-state index in [1.54, 1.807) is 30.6 Å². The first-order valence-corrected chi connectivity index (χ1v) is 10.7. The molecular formula is C22H24FN5OS. The van der Waals surface area contributed by atoms with Crippen molar-refractivity contribution in [3.8, 4) is 22.4 Å². The molecule has 0 amide bonds. The van der Waals surface area contributed by atoms with Crippen LogP contribution in [0.1, 0.15) is 13.8 Å². The van der Waals surface area contributed by atoms with Crippen molar-refractivity contribution in [2.45, 2.75) is 19.9 Å². The molecule has 4 aromatic rings. The van der Waals surface area contributed by atoms with Crippen LogP contribution in [-0.4, -0.2) is 41.5 Å². The largest absolute Gasteiger partial charge is 0.383 e. The highest BCUT2D eigenvalue weighted by atomic mass is 32.1. The van der Waals surface area contributed by atoms with Gasteiger partial charge in [0.1, 0.15) is 17.3 Å². The fourth-order valence-electron chi connectivity index (χ4n) is 3.42. The summed E-state index contributed by atoms with van der Waals surface area (Å²) < 4.78 is 20.7. The fourth-order valence-corrected chi connectivity index (χ4v) is 4.44. The molecule has 2 aromatic carbocycles. The molecule has 0 radical (unpaired) electrons. The minimum atomic E-state index is -0.300. The maximum Gasteiger partial charge on any atom is 0.184 e. The maximum atomic E-state index is 14.5. The molecule has 0 saturated carbocycles. The SMILES string of the molecule is CCNc1[nH]nc(-c2ccccc2F)c1-c1ccc2nc(N[C@@H](C)COC)sc2c1. The van der Waals surface area contributed by atoms with Crippen molar-refractivity contribution in [1.29, 1.82) is 0 Å². The van der Waals surface area contributed by atoms with Gasteiger partial charge >= 0.3 is 0 Å². The summed E-state index contributed by atoms with van der Waals surface area (Å²) in [5.74, 6) is 0.470. The Balaban J connectivity index is 1.77. The van der Waals surface area contributed by atoms with Gasteiger partial charge in [-0.05, 0) is 43.7 Å². The number of thiazole rings is 1. The number of rotatable bonds is 8. The van der Waals surface area contributed by atoms with Crippen molar-refractivity contribution in [2.75, 3.05) is 30.9 Å². The van der Waals surface area contributed by atoms with Gasteiger partial charge in [0.15, 0.2) is 5.13 Å². The van der Waals surface area contributed by atoms with Crippen molar-refractivity contribution in [1.82, 2.24) is 15.2 Å². The molecule has 6 nitrogen and oxygen atoms in total. The lowest BCUT2D eigenvalue weighted by Gasteiger charge is -2.10. The summed E-state index contributed by atoms with van der Waals surface area (Å²) in [6.45, 7) is 5.39. The molecule has 0 fully saturated rings. The van der Waals surface area contributed by atoms with E-state index in [4.69, 9.17) is 4.74 Å². The van der Waals surface area contributed by atoms with Crippen LogP contribution in [0, 0.1) is 5.82 Å². The van der Waals surface area contributed by atoms with Crippen molar-refractivity contribution in [3.63, 3.8) is 0 Å². The molecule has 0 aliphatic heterocycles. The van der Waals surface area contributed by atoms with Crippen molar-refractivity contribution in [2.24, 2.45) is 0 Å². The number of fused-ring (bicyclic) bond motifs is 1. The number of hydrogen-bond acceptors (Lipinski definition) is 6. The van der Waals surface area contributed by atoms with Gasteiger partial charge in [0.2, 0.25) is 0 Å². The van der Waals surface area contributed by atoms with Gasteiger partial charge in [0, 0.05) is 25.3 Å². The number of nitrogens with one attached hydrogen (secondary N) is 3. The Kier molecular flexibility index (Phi) is 5.96. The van der Waals surface area contributed by atoms with Crippen LogP contribution in [0.3, 0.4) is 0 Å². The Morgan fingerprint density at radius 2 is 2.07 bits per heavy atom. The van der Waals surface area contributed by atoms with Crippen molar-refractivity contribution >= 4 is 32.5 Å². The van der Waals surface area contributed by atoms with E-state index in [9.17, 15) is 4.39 Å². The summed E-state index contributed by atoms with van der Waals surface area (Å²) in [5, 5.41) is 15.0. The molecule has 0 bridgehead atoms. The molecule has 156 valence electrons. The Bertz CT molecular complexity index is 1160. The number of nitrogens with zero attached hydrogens (tertiary/aromatic N) is 2. The number of aromatic amines is 1. The topological polar surface area (TPSA) is 74.9 Å². The van der Waals surface area contributed by atoms with Gasteiger partial charge in [-0.15, -0.1) is 0 Å². The normalized spacial score (nSPS) is 12.3. The van der Waals surface area contributed by atoms with Gasteiger partial charge in [-0.1, -0.05) is 29.5 Å². The molecule has 1 atom stereocenters. The third-order valence-corrected chi connectivity index (χ3v) is 5.66. The molecule has 0 spiro atoms. The molecule has 0 aliphatic carbocycles. The van der Waals surface area contributed by atoms with E-state index < -0.39 is 0 Å². The molecule has 2 aromatic heterocycles. The summed E-state index contributed by atoms with van der Waals surface area (Å²) in [4.78, 5) is 4.66. The van der Waals surface area contributed by atoms with E-state index in [0.717, 1.165) is 38.8 Å². The van der Waals surface area contributed by atoms with E-state index in [1.165, 1.54) is 6.07 Å². The lowest BCUT2D eigenvalue weighted by atomic mass is 10.00. The maximum absolute atomic E-state index is 14.5. The van der Waals surface area contributed by atoms with Gasteiger partial charge < -0.3 is 15.4 Å². The van der Waals surface area contributed by atoms with Crippen LogP contribution in [0.15, 0.2) is 42.5 Å². The first-order chi connectivity index (χ1) is 14.6. The predicted molar refractivity (Wildman–Crippen MR) is 122 cm³/mol. The molecule has 0 unspecified atom stereocenters. The van der Waals surface area contributed by atoms with Gasteiger partial charge in [-0.25, -0.2) is 9.37 Å². The van der Waals surface area contributed by atoms with Gasteiger partial charge in [-0.3, -0.25) is 5.10 Å². The van der Waals surface area contributed by atoms with E-state index >= 15 is 0 Å². The van der Waals surface area contributed by atoms with E-state index in [0.29, 0.717) is 17.9 Å². The van der Waals surface area contributed by atoms with Crippen LogP contribution in [0.5, 0.6) is 0 Å². The van der Waals surface area contributed by atoms with E-state index in [2.05, 4.69) is 38.8 Å². The van der Waals surface area contributed by atoms with Crippen molar-refractivity contribution in [3.05, 3.63) is 48.3 Å². The van der Waals surface area contributed by atoms with Gasteiger partial charge in [-0.2, -0.15) is 5.10 Å². The number of methoxy groups -OCH3 is 1. The summed E-state index contributed by atoms with van der Waals surface area (Å²) in [6, 6.07) is 12.9. The van der Waals surface area contributed by atoms with Crippen LogP contribution in [0.4, 0.5) is 15.3 Å². The highest BCUT2D eigenvalue weighted by Crippen LogP contribution is 2.39. The molecular weight excluding hydrogens is 401 g/mol. The van der Waals surface area contributed by atoms with Crippen LogP contribution < -0.4 is 10.6 Å². The molecule has 30 heavy (non-hydrogen) atoms. The van der Waals surface area contributed by atoms with E-state index in [1.807, 2.05) is 25.1 Å². The monoisotopic (exact) mass is 425 g/mol. The average Bonchev–Trinajstić information content (AvgIpc) is 3.31. The Labute approximate surface area is 178 Å². The Morgan fingerprint density at radius 1 is 1.23 bits per heavy atom. The first-order valence-electron chi connectivity index (χ1n) is 9.84. The Morgan fingerprint density at radius 3 is 2.83 bits per heavy atom. The average molecular weight is 426 g/mol. The molecule has 0 saturated heterocycles. The number of benzene rings is 2. The van der Waals surface area contributed by atoms with Gasteiger partial charge in [0.25, 0.3) is 0 Å². The van der Waals surface area contributed by atoms with Crippen LogP contribution in [0.25, 0.3) is 32.6 Å². The number of H-pyrrole nitrogens is 1. The standard InChI is InChI=1S/C22H24FN5OS/c1-4-24-21-19(20(27-28-21)15-7-5-6-8-16(15)23)14-9-10-17-18(11-14)30-22(26-17)25-13(2)12-29-3/h5-11,13H,4,12H2,1-3H3,(H,25,26)(H2,24,27,28)/t13-/m0/s1. The van der Waals surface area contributed by atoms with Crippen LogP contribution in [-0.2, 0) is 4.74 Å². The third kappa shape index (κ3) is 4.01. The van der Waals surface area contributed by atoms with Crippen molar-refractivity contribution < 1.29 is 9.13 Å². The quantitative estimate of drug-likeness (QED) is 0.354. The number of ether oxygens (including phenoxy) is 1. The number of hydrogen-bond donors (Lipinski definition) is 3. The first kappa shape index (κ1) is 20.3. The third-order valence-electron chi connectivity index (χ3n) is 4.71. The second-order valence-corrected chi connectivity index (χ2v) is 8.07. The summed E-state index contributed by atoms with van der Waals surface area (Å²) >= 11 is 1.58. The zero-order valence-electron chi connectivity index (χ0n) is 17.1. The smallest absolute Gasteiger partial charge is 0.184 e. The molecule has 4 rings (SSSR count). The lowest BCUT2D eigenvalue weighted by molar-refractivity contribution is 0.190. The van der Waals surface area contributed by atoms with E-state index in [-0.39, 0.29) is 11.9 Å².